The fourth-order valence-corrected chi connectivity index (χ4v) is 6.17. The summed E-state index contributed by atoms with van der Waals surface area (Å²) < 4.78 is 34.2. The van der Waals surface area contributed by atoms with Crippen LogP contribution in [0, 0.1) is 0 Å². The predicted molar refractivity (Wildman–Crippen MR) is 159 cm³/mol. The molecular weight excluding hydrogens is 552 g/mol. The molecule has 2 bridgehead atoms. The van der Waals surface area contributed by atoms with Crippen LogP contribution < -0.4 is 30.4 Å². The van der Waals surface area contributed by atoms with Crippen LogP contribution in [0.3, 0.4) is 0 Å². The van der Waals surface area contributed by atoms with Crippen molar-refractivity contribution in [1.29, 1.82) is 0 Å². The number of hydrogen-bond donors (Lipinski definition) is 2. The molecule has 0 unspecified atom stereocenters. The van der Waals surface area contributed by atoms with Crippen molar-refractivity contribution in [2.45, 2.75) is 45.6 Å². The summed E-state index contributed by atoms with van der Waals surface area (Å²) in [7, 11) is 0. The van der Waals surface area contributed by atoms with Gasteiger partial charge in [0.25, 0.3) is 0 Å². The van der Waals surface area contributed by atoms with Crippen molar-refractivity contribution in [2.75, 3.05) is 26.4 Å². The monoisotopic (exact) mass is 586 g/mol. The molecule has 0 aliphatic carbocycles. The second-order valence-corrected chi connectivity index (χ2v) is 10.3. The molecule has 4 N–H and O–H groups in total. The SMILES string of the molecule is CCOC(=O)COc1ccc2c3c(ccc2c1CN)OC1CC3c2c(ccc3c(CN)c(OCC(=O)OCC)ccc23)O1. The molecule has 4 aromatic carbocycles. The predicted octanol–water partition coefficient (Wildman–Crippen LogP) is 4.43. The number of carbonyl (C=O) groups excluding carboxylic acids is 2. The lowest BCUT2D eigenvalue weighted by Gasteiger charge is -2.39. The fourth-order valence-electron chi connectivity index (χ4n) is 6.17. The molecule has 0 aromatic heterocycles. The number of fused-ring (bicyclic) bond motifs is 10. The van der Waals surface area contributed by atoms with E-state index in [9.17, 15) is 9.59 Å². The van der Waals surface area contributed by atoms with Crippen LogP contribution >= 0.6 is 0 Å². The number of esters is 2. The van der Waals surface area contributed by atoms with Gasteiger partial charge in [0, 0.05) is 47.7 Å². The molecule has 2 aliphatic rings. The van der Waals surface area contributed by atoms with E-state index in [4.69, 9.17) is 39.9 Å². The normalized spacial score (nSPS) is 16.5. The number of nitrogens with two attached hydrogens (primary N) is 2. The van der Waals surface area contributed by atoms with E-state index in [1.165, 1.54) is 0 Å². The summed E-state index contributed by atoms with van der Waals surface area (Å²) in [5.41, 5.74) is 16.1. The molecule has 224 valence electrons. The molecule has 0 saturated carbocycles. The topological polar surface area (TPSA) is 142 Å². The summed E-state index contributed by atoms with van der Waals surface area (Å²) in [5, 5.41) is 3.83. The van der Waals surface area contributed by atoms with Crippen molar-refractivity contribution in [3.05, 3.63) is 70.8 Å². The van der Waals surface area contributed by atoms with Crippen LogP contribution in [0.1, 0.15) is 48.4 Å². The van der Waals surface area contributed by atoms with Crippen molar-refractivity contribution in [1.82, 2.24) is 0 Å². The van der Waals surface area contributed by atoms with Gasteiger partial charge in [0.2, 0.25) is 6.29 Å². The van der Waals surface area contributed by atoms with Crippen LogP contribution in [0.5, 0.6) is 23.0 Å². The summed E-state index contributed by atoms with van der Waals surface area (Å²) in [6.45, 7) is 4.12. The van der Waals surface area contributed by atoms with Crippen LogP contribution in [0.25, 0.3) is 21.5 Å². The molecule has 43 heavy (non-hydrogen) atoms. The first-order chi connectivity index (χ1) is 21.0. The smallest absolute Gasteiger partial charge is 0.344 e. The van der Waals surface area contributed by atoms with Gasteiger partial charge in [-0.25, -0.2) is 9.59 Å². The number of ether oxygens (including phenoxy) is 6. The largest absolute Gasteiger partial charge is 0.482 e. The average molecular weight is 587 g/mol. The van der Waals surface area contributed by atoms with Crippen molar-refractivity contribution in [3.63, 3.8) is 0 Å². The minimum Gasteiger partial charge on any atom is -0.482 e. The van der Waals surface area contributed by atoms with Gasteiger partial charge in [-0.05, 0) is 59.7 Å². The Balaban J connectivity index is 1.44. The maximum absolute atomic E-state index is 11.9. The summed E-state index contributed by atoms with van der Waals surface area (Å²) >= 11 is 0. The molecule has 4 aromatic rings. The average Bonchev–Trinajstić information content (AvgIpc) is 3.01. The van der Waals surface area contributed by atoms with Gasteiger partial charge in [0.1, 0.15) is 23.0 Å². The third-order valence-corrected chi connectivity index (χ3v) is 7.89. The lowest BCUT2D eigenvalue weighted by molar-refractivity contribution is -0.146. The van der Waals surface area contributed by atoms with E-state index in [1.807, 2.05) is 48.5 Å². The number of hydrogen-bond acceptors (Lipinski definition) is 10. The Labute approximate surface area is 248 Å². The first-order valence-electron chi connectivity index (χ1n) is 14.4. The summed E-state index contributed by atoms with van der Waals surface area (Å²) in [6, 6.07) is 15.5. The van der Waals surface area contributed by atoms with E-state index in [0.717, 1.165) is 55.3 Å². The summed E-state index contributed by atoms with van der Waals surface area (Å²) in [4.78, 5) is 23.9. The first-order valence-corrected chi connectivity index (χ1v) is 14.4. The third kappa shape index (κ3) is 5.17. The molecule has 0 amide bonds. The molecule has 0 saturated heterocycles. The van der Waals surface area contributed by atoms with Crippen molar-refractivity contribution >= 4 is 33.5 Å². The molecule has 0 spiro atoms. The highest BCUT2D eigenvalue weighted by Crippen LogP contribution is 2.53. The van der Waals surface area contributed by atoms with Crippen LogP contribution in [-0.2, 0) is 32.2 Å². The second-order valence-electron chi connectivity index (χ2n) is 10.3. The Morgan fingerprint density at radius 1 is 0.698 bits per heavy atom. The Morgan fingerprint density at radius 2 is 1.14 bits per heavy atom. The molecule has 0 radical (unpaired) electrons. The zero-order chi connectivity index (χ0) is 30.1. The highest BCUT2D eigenvalue weighted by atomic mass is 16.7. The van der Waals surface area contributed by atoms with E-state index in [2.05, 4.69) is 0 Å². The Morgan fingerprint density at radius 3 is 1.56 bits per heavy atom. The summed E-state index contributed by atoms with van der Waals surface area (Å²) in [6.07, 6.45) is 0.193. The van der Waals surface area contributed by atoms with E-state index in [-0.39, 0.29) is 45.4 Å². The number of carbonyl (C=O) groups is 2. The molecule has 6 rings (SSSR count). The molecule has 0 fully saturated rings. The number of rotatable bonds is 10. The molecule has 10 heteroatoms. The quantitative estimate of drug-likeness (QED) is 0.256. The maximum atomic E-state index is 11.9. The van der Waals surface area contributed by atoms with Gasteiger partial charge in [-0.3, -0.25) is 0 Å². The lowest BCUT2D eigenvalue weighted by atomic mass is 9.78. The van der Waals surface area contributed by atoms with Crippen LogP contribution in [0.15, 0.2) is 48.5 Å². The van der Waals surface area contributed by atoms with E-state index < -0.39 is 18.2 Å². The minimum absolute atomic E-state index is 0.0428. The molecule has 2 aliphatic heterocycles. The third-order valence-electron chi connectivity index (χ3n) is 7.89. The second kappa shape index (κ2) is 12.0. The van der Waals surface area contributed by atoms with Gasteiger partial charge in [-0.15, -0.1) is 0 Å². The molecule has 0 atom stereocenters. The Kier molecular flexibility index (Phi) is 7.96. The van der Waals surface area contributed by atoms with Gasteiger partial charge >= 0.3 is 11.9 Å². The van der Waals surface area contributed by atoms with Gasteiger partial charge in [0.15, 0.2) is 13.2 Å². The minimum atomic E-state index is -0.438. The van der Waals surface area contributed by atoms with Crippen molar-refractivity contribution in [3.8, 4) is 23.0 Å². The summed E-state index contributed by atoms with van der Waals surface area (Å²) in [5.74, 6) is 1.65. The van der Waals surface area contributed by atoms with Crippen LogP contribution in [-0.4, -0.2) is 44.7 Å². The molecule has 2 heterocycles. The van der Waals surface area contributed by atoms with Crippen molar-refractivity contribution < 1.29 is 38.0 Å². The fraction of sp³-hybridized carbons (Fsp3) is 0.333. The van der Waals surface area contributed by atoms with E-state index in [0.29, 0.717) is 17.9 Å². The van der Waals surface area contributed by atoms with Gasteiger partial charge < -0.3 is 39.9 Å². The Hall–Kier alpha value is -4.54. The standard InChI is InChI=1S/C33H34N2O8/c1-3-38-29(36)16-40-25-9-7-20-18(23(25)14-34)5-11-27-32(20)22-13-31(42-27)43-28-12-6-19-21(33(22)28)8-10-26(24(19)15-35)41-17-30(37)39-4-2/h5-12,22,31H,3-4,13-17,34-35H2,1-2H3. The van der Waals surface area contributed by atoms with Crippen molar-refractivity contribution in [2.24, 2.45) is 11.5 Å². The lowest BCUT2D eigenvalue weighted by Crippen LogP contribution is -2.35. The maximum Gasteiger partial charge on any atom is 0.344 e. The molecular formula is C33H34N2O8. The van der Waals surface area contributed by atoms with Crippen LogP contribution in [0.2, 0.25) is 0 Å². The van der Waals surface area contributed by atoms with Gasteiger partial charge in [0.05, 0.1) is 13.2 Å². The molecule has 10 nitrogen and oxygen atoms in total. The van der Waals surface area contributed by atoms with E-state index >= 15 is 0 Å². The number of benzene rings is 4. The zero-order valence-electron chi connectivity index (χ0n) is 24.1. The van der Waals surface area contributed by atoms with Gasteiger partial charge in [-0.1, -0.05) is 24.3 Å². The highest BCUT2D eigenvalue weighted by Gasteiger charge is 2.39. The zero-order valence-corrected chi connectivity index (χ0v) is 24.1. The first kappa shape index (κ1) is 28.6. The highest BCUT2D eigenvalue weighted by molar-refractivity contribution is 5.97. The van der Waals surface area contributed by atoms with Crippen LogP contribution in [0.4, 0.5) is 0 Å². The van der Waals surface area contributed by atoms with E-state index in [1.54, 1.807) is 13.8 Å². The Bertz CT molecular complexity index is 1600. The van der Waals surface area contributed by atoms with Gasteiger partial charge in [-0.2, -0.15) is 0 Å².